The predicted molar refractivity (Wildman–Crippen MR) is 112 cm³/mol. The first-order valence-electron chi connectivity index (χ1n) is 9.55. The van der Waals surface area contributed by atoms with Crippen LogP contribution >= 0.6 is 0 Å². The SMILES string of the molecule is CC(C)(C)OC(=O)NCC(=Cc1cc(C=O)ccc1O)B1OC(C)(C)C(C)(C)O1. The van der Waals surface area contributed by atoms with Crippen LogP contribution in [-0.2, 0) is 14.0 Å². The maximum absolute atomic E-state index is 12.1. The molecule has 0 aromatic heterocycles. The quantitative estimate of drug-likeness (QED) is 0.575. The average Bonchev–Trinajstić information content (AvgIpc) is 2.79. The van der Waals surface area contributed by atoms with Gasteiger partial charge in [0.2, 0.25) is 0 Å². The number of carbonyl (C=O) groups is 2. The maximum Gasteiger partial charge on any atom is 0.492 e. The first kappa shape index (κ1) is 23.0. The largest absolute Gasteiger partial charge is 0.507 e. The van der Waals surface area contributed by atoms with Crippen molar-refractivity contribution in [1.29, 1.82) is 0 Å². The van der Waals surface area contributed by atoms with Crippen molar-refractivity contribution >= 4 is 25.6 Å². The third-order valence-electron chi connectivity index (χ3n) is 4.92. The van der Waals surface area contributed by atoms with E-state index >= 15 is 0 Å². The molecule has 1 saturated heterocycles. The van der Waals surface area contributed by atoms with Gasteiger partial charge in [-0.05, 0) is 72.1 Å². The van der Waals surface area contributed by atoms with Crippen LogP contribution in [0.5, 0.6) is 5.75 Å². The number of phenols is 1. The Morgan fingerprint density at radius 3 is 2.31 bits per heavy atom. The maximum atomic E-state index is 12.1. The monoisotopic (exact) mass is 403 g/mol. The van der Waals surface area contributed by atoms with Gasteiger partial charge in [0, 0.05) is 17.7 Å². The zero-order valence-corrected chi connectivity index (χ0v) is 18.2. The molecule has 1 aliphatic rings. The van der Waals surface area contributed by atoms with E-state index in [4.69, 9.17) is 14.0 Å². The normalized spacial score (nSPS) is 18.4. The minimum absolute atomic E-state index is 0.00175. The second-order valence-corrected chi connectivity index (χ2v) is 9.10. The molecule has 0 atom stereocenters. The van der Waals surface area contributed by atoms with Crippen LogP contribution in [0.1, 0.15) is 64.4 Å². The van der Waals surface area contributed by atoms with Gasteiger partial charge in [0.25, 0.3) is 0 Å². The minimum atomic E-state index is -0.741. The first-order chi connectivity index (χ1) is 13.2. The number of aromatic hydroxyl groups is 1. The summed E-state index contributed by atoms with van der Waals surface area (Å²) in [4.78, 5) is 23.2. The van der Waals surface area contributed by atoms with Gasteiger partial charge in [-0.15, -0.1) is 0 Å². The predicted octanol–water partition coefficient (Wildman–Crippen LogP) is 3.74. The molecule has 1 aliphatic heterocycles. The molecule has 7 nitrogen and oxygen atoms in total. The Balaban J connectivity index is 2.34. The Kier molecular flexibility index (Phi) is 6.50. The van der Waals surface area contributed by atoms with Crippen LogP contribution in [0.3, 0.4) is 0 Å². The van der Waals surface area contributed by atoms with Crippen LogP contribution in [0, 0.1) is 0 Å². The molecule has 0 saturated carbocycles. The summed E-state index contributed by atoms with van der Waals surface area (Å²) in [6.45, 7) is 13.1. The van der Waals surface area contributed by atoms with Gasteiger partial charge in [-0.1, -0.05) is 6.08 Å². The van der Waals surface area contributed by atoms with E-state index in [2.05, 4.69) is 5.32 Å². The first-order valence-corrected chi connectivity index (χ1v) is 9.55. The van der Waals surface area contributed by atoms with Gasteiger partial charge in [0.1, 0.15) is 17.6 Å². The lowest BCUT2D eigenvalue weighted by atomic mass is 9.77. The second kappa shape index (κ2) is 8.20. The highest BCUT2D eigenvalue weighted by Crippen LogP contribution is 2.39. The molecule has 1 aromatic rings. The van der Waals surface area contributed by atoms with Gasteiger partial charge in [0.05, 0.1) is 11.2 Å². The molecule has 2 N–H and O–H groups in total. The van der Waals surface area contributed by atoms with E-state index in [9.17, 15) is 14.7 Å². The van der Waals surface area contributed by atoms with Crippen molar-refractivity contribution in [3.63, 3.8) is 0 Å². The van der Waals surface area contributed by atoms with E-state index < -0.39 is 30.0 Å². The van der Waals surface area contributed by atoms with Crippen LogP contribution in [0.15, 0.2) is 23.7 Å². The van der Waals surface area contributed by atoms with Crippen LogP contribution in [0.25, 0.3) is 6.08 Å². The van der Waals surface area contributed by atoms with Crippen molar-refractivity contribution in [2.24, 2.45) is 0 Å². The highest BCUT2D eigenvalue weighted by Gasteiger charge is 2.52. The molecule has 1 heterocycles. The fourth-order valence-electron chi connectivity index (χ4n) is 2.65. The molecule has 2 rings (SSSR count). The number of nitrogens with one attached hydrogen (secondary N) is 1. The molecule has 29 heavy (non-hydrogen) atoms. The molecule has 1 aromatic carbocycles. The van der Waals surface area contributed by atoms with Gasteiger partial charge >= 0.3 is 13.2 Å². The molecule has 1 fully saturated rings. The number of ether oxygens (including phenoxy) is 1. The van der Waals surface area contributed by atoms with Crippen LogP contribution in [-0.4, -0.2) is 48.0 Å². The summed E-state index contributed by atoms with van der Waals surface area (Å²) in [5.41, 5.74) is -0.361. The van der Waals surface area contributed by atoms with Crippen LogP contribution < -0.4 is 5.32 Å². The number of alkyl carbamates (subject to hydrolysis) is 1. The highest BCUT2D eigenvalue weighted by molar-refractivity contribution is 6.56. The van der Waals surface area contributed by atoms with E-state index in [-0.39, 0.29) is 12.3 Å². The van der Waals surface area contributed by atoms with E-state index in [0.29, 0.717) is 22.9 Å². The number of amides is 1. The number of phenolic OH excluding ortho intramolecular Hbond substituents is 1. The Morgan fingerprint density at radius 1 is 1.21 bits per heavy atom. The summed E-state index contributed by atoms with van der Waals surface area (Å²) in [6, 6.07) is 4.52. The summed E-state index contributed by atoms with van der Waals surface area (Å²) in [7, 11) is -0.741. The lowest BCUT2D eigenvalue weighted by molar-refractivity contribution is 0.00578. The van der Waals surface area contributed by atoms with Crippen molar-refractivity contribution < 1.29 is 28.7 Å². The zero-order chi connectivity index (χ0) is 22.0. The summed E-state index contributed by atoms with van der Waals surface area (Å²) in [6.07, 6.45) is 1.78. The van der Waals surface area contributed by atoms with Crippen LogP contribution in [0.2, 0.25) is 0 Å². The molecular weight excluding hydrogens is 373 g/mol. The Labute approximate surface area is 172 Å². The summed E-state index contributed by atoms with van der Waals surface area (Å²) < 4.78 is 17.5. The topological polar surface area (TPSA) is 94.1 Å². The van der Waals surface area contributed by atoms with Gasteiger partial charge in [-0.25, -0.2) is 4.79 Å². The van der Waals surface area contributed by atoms with Crippen molar-refractivity contribution in [1.82, 2.24) is 5.32 Å². The lowest BCUT2D eigenvalue weighted by Gasteiger charge is -2.32. The van der Waals surface area contributed by atoms with Crippen molar-refractivity contribution in [3.05, 3.63) is 34.8 Å². The molecule has 1 amide bonds. The number of rotatable bonds is 5. The second-order valence-electron chi connectivity index (χ2n) is 9.10. The minimum Gasteiger partial charge on any atom is -0.507 e. The standard InChI is InChI=1S/C21H30BNO6/c1-19(2,3)27-18(26)23-12-16(22-28-20(4,5)21(6,7)29-22)11-15-10-14(13-24)8-9-17(15)25/h8-11,13,25H,12H2,1-7H3,(H,23,26). The number of carbonyl (C=O) groups excluding carboxylic acids is 2. The third-order valence-corrected chi connectivity index (χ3v) is 4.92. The van der Waals surface area contributed by atoms with Crippen molar-refractivity contribution in [2.45, 2.75) is 65.3 Å². The number of hydrogen-bond donors (Lipinski definition) is 2. The van der Waals surface area contributed by atoms with E-state index in [1.807, 2.05) is 27.7 Å². The fraction of sp³-hybridized carbons (Fsp3) is 0.524. The van der Waals surface area contributed by atoms with Crippen molar-refractivity contribution in [2.75, 3.05) is 6.54 Å². The van der Waals surface area contributed by atoms with Gasteiger partial charge < -0.3 is 24.5 Å². The molecule has 0 bridgehead atoms. The van der Waals surface area contributed by atoms with Gasteiger partial charge in [-0.3, -0.25) is 4.79 Å². The number of aldehydes is 1. The molecule has 0 unspecified atom stereocenters. The van der Waals surface area contributed by atoms with E-state index in [1.165, 1.54) is 12.1 Å². The lowest BCUT2D eigenvalue weighted by Crippen LogP contribution is -2.41. The Hall–Kier alpha value is -2.32. The Bertz CT molecular complexity index is 794. The molecular formula is C21H30BNO6. The van der Waals surface area contributed by atoms with E-state index in [1.54, 1.807) is 32.9 Å². The highest BCUT2D eigenvalue weighted by atomic mass is 16.7. The third kappa shape index (κ3) is 5.84. The average molecular weight is 403 g/mol. The molecule has 0 spiro atoms. The zero-order valence-electron chi connectivity index (χ0n) is 18.2. The van der Waals surface area contributed by atoms with Crippen molar-refractivity contribution in [3.8, 4) is 5.75 Å². The number of benzene rings is 1. The fourth-order valence-corrected chi connectivity index (χ4v) is 2.65. The van der Waals surface area contributed by atoms with Gasteiger partial charge in [-0.2, -0.15) is 0 Å². The molecule has 0 radical (unpaired) electrons. The summed E-state index contributed by atoms with van der Waals surface area (Å²) >= 11 is 0. The Morgan fingerprint density at radius 2 is 1.79 bits per heavy atom. The molecule has 0 aliphatic carbocycles. The number of hydrogen-bond acceptors (Lipinski definition) is 6. The summed E-state index contributed by atoms with van der Waals surface area (Å²) in [5, 5.41) is 12.9. The molecule has 158 valence electrons. The van der Waals surface area contributed by atoms with Crippen LogP contribution in [0.4, 0.5) is 4.79 Å². The smallest absolute Gasteiger partial charge is 0.492 e. The van der Waals surface area contributed by atoms with Gasteiger partial charge in [0.15, 0.2) is 0 Å². The molecule has 8 heteroatoms. The summed E-state index contributed by atoms with van der Waals surface area (Å²) in [5.74, 6) is 0.00175. The van der Waals surface area contributed by atoms with E-state index in [0.717, 1.165) is 0 Å².